The van der Waals surface area contributed by atoms with Crippen molar-refractivity contribution in [1.29, 1.82) is 0 Å². The second-order valence-corrected chi connectivity index (χ2v) is 6.46. The molecular formula is C13H19BrClN3. The van der Waals surface area contributed by atoms with E-state index in [2.05, 4.69) is 44.6 Å². The molecule has 0 unspecified atom stereocenters. The molecule has 0 spiro atoms. The van der Waals surface area contributed by atoms with Crippen LogP contribution in [0.2, 0.25) is 5.02 Å². The van der Waals surface area contributed by atoms with Gasteiger partial charge in [0.15, 0.2) is 0 Å². The fourth-order valence-corrected chi connectivity index (χ4v) is 3.05. The molecule has 18 heavy (non-hydrogen) atoms. The molecule has 1 saturated heterocycles. The van der Waals surface area contributed by atoms with Gasteiger partial charge in [-0.15, -0.1) is 0 Å². The Balaban J connectivity index is 1.97. The Hall–Kier alpha value is -0.320. The lowest BCUT2D eigenvalue weighted by atomic mass is 10.2. The summed E-state index contributed by atoms with van der Waals surface area (Å²) >= 11 is 9.62. The van der Waals surface area contributed by atoms with Crippen LogP contribution in [0.4, 0.5) is 5.82 Å². The van der Waals surface area contributed by atoms with Crippen LogP contribution in [0.5, 0.6) is 0 Å². The highest BCUT2D eigenvalue weighted by atomic mass is 79.9. The largest absolute Gasteiger partial charge is 0.353 e. The number of nitrogens with zero attached hydrogens (tertiary/aromatic N) is 3. The van der Waals surface area contributed by atoms with Crippen LogP contribution in [0, 0.1) is 5.92 Å². The molecule has 1 aliphatic rings. The highest BCUT2D eigenvalue weighted by Gasteiger charge is 2.20. The molecule has 2 heterocycles. The van der Waals surface area contributed by atoms with E-state index in [0.717, 1.165) is 47.4 Å². The van der Waals surface area contributed by atoms with Gasteiger partial charge in [0.1, 0.15) is 5.82 Å². The van der Waals surface area contributed by atoms with E-state index >= 15 is 0 Å². The maximum Gasteiger partial charge on any atom is 0.147 e. The third-order valence-corrected chi connectivity index (χ3v) is 3.80. The van der Waals surface area contributed by atoms with E-state index in [1.54, 1.807) is 0 Å². The number of piperazine rings is 1. The van der Waals surface area contributed by atoms with Crippen LogP contribution < -0.4 is 4.90 Å². The fourth-order valence-electron chi connectivity index (χ4n) is 2.30. The Kier molecular flexibility index (Phi) is 4.87. The molecule has 1 aliphatic heterocycles. The van der Waals surface area contributed by atoms with Gasteiger partial charge in [0.25, 0.3) is 0 Å². The van der Waals surface area contributed by atoms with Crippen LogP contribution in [-0.4, -0.2) is 42.6 Å². The minimum Gasteiger partial charge on any atom is -0.353 e. The van der Waals surface area contributed by atoms with Crippen LogP contribution in [0.15, 0.2) is 16.7 Å². The van der Waals surface area contributed by atoms with Gasteiger partial charge in [-0.2, -0.15) is 0 Å². The zero-order valence-electron chi connectivity index (χ0n) is 10.9. The van der Waals surface area contributed by atoms with Crippen molar-refractivity contribution in [3.8, 4) is 0 Å². The van der Waals surface area contributed by atoms with Crippen molar-refractivity contribution in [2.45, 2.75) is 13.8 Å². The first-order valence-corrected chi connectivity index (χ1v) is 7.51. The van der Waals surface area contributed by atoms with Crippen LogP contribution in [0.1, 0.15) is 13.8 Å². The first-order valence-electron chi connectivity index (χ1n) is 6.34. The number of pyridine rings is 1. The molecule has 0 amide bonds. The minimum atomic E-state index is 0.724. The van der Waals surface area contributed by atoms with Gasteiger partial charge in [-0.05, 0) is 27.9 Å². The Labute approximate surface area is 122 Å². The lowest BCUT2D eigenvalue weighted by molar-refractivity contribution is 0.231. The van der Waals surface area contributed by atoms with Crippen molar-refractivity contribution in [3.63, 3.8) is 0 Å². The minimum absolute atomic E-state index is 0.724. The molecule has 0 radical (unpaired) electrons. The standard InChI is InChI=1S/C13H19BrClN3/c1-10(2)9-17-3-5-18(6-4-17)13-12(15)7-11(14)8-16-13/h7-8,10H,3-6,9H2,1-2H3. The van der Waals surface area contributed by atoms with E-state index in [1.165, 1.54) is 6.54 Å². The van der Waals surface area contributed by atoms with Crippen LogP contribution in [-0.2, 0) is 0 Å². The first-order chi connectivity index (χ1) is 8.56. The van der Waals surface area contributed by atoms with E-state index in [0.29, 0.717) is 0 Å². The third kappa shape index (κ3) is 3.59. The Morgan fingerprint density at radius 3 is 2.56 bits per heavy atom. The van der Waals surface area contributed by atoms with Crippen molar-refractivity contribution in [2.75, 3.05) is 37.6 Å². The molecule has 0 N–H and O–H groups in total. The monoisotopic (exact) mass is 331 g/mol. The maximum atomic E-state index is 6.24. The van der Waals surface area contributed by atoms with Crippen LogP contribution in [0.3, 0.4) is 0 Å². The second kappa shape index (κ2) is 6.22. The molecular weight excluding hydrogens is 314 g/mol. The Bertz CT molecular complexity index is 403. The van der Waals surface area contributed by atoms with Gasteiger partial charge in [-0.1, -0.05) is 25.4 Å². The summed E-state index contributed by atoms with van der Waals surface area (Å²) in [4.78, 5) is 9.19. The highest BCUT2D eigenvalue weighted by molar-refractivity contribution is 9.10. The molecule has 1 aromatic heterocycles. The number of aromatic nitrogens is 1. The molecule has 3 nitrogen and oxygen atoms in total. The molecule has 0 atom stereocenters. The summed E-state index contributed by atoms with van der Waals surface area (Å²) in [6.45, 7) is 9.88. The molecule has 1 aromatic rings. The average Bonchev–Trinajstić information content (AvgIpc) is 2.30. The van der Waals surface area contributed by atoms with E-state index in [1.807, 2.05) is 12.3 Å². The lowest BCUT2D eigenvalue weighted by Crippen LogP contribution is -2.47. The van der Waals surface area contributed by atoms with Gasteiger partial charge in [-0.25, -0.2) is 4.98 Å². The summed E-state index contributed by atoms with van der Waals surface area (Å²) in [5.74, 6) is 1.63. The van der Waals surface area contributed by atoms with Crippen molar-refractivity contribution in [1.82, 2.24) is 9.88 Å². The Morgan fingerprint density at radius 2 is 2.00 bits per heavy atom. The second-order valence-electron chi connectivity index (χ2n) is 5.14. The summed E-state index contributed by atoms with van der Waals surface area (Å²) in [5, 5.41) is 0.724. The van der Waals surface area contributed by atoms with Crippen molar-refractivity contribution in [2.24, 2.45) is 5.92 Å². The number of hydrogen-bond acceptors (Lipinski definition) is 3. The number of rotatable bonds is 3. The predicted octanol–water partition coefficient (Wildman–Crippen LogP) is 3.28. The Morgan fingerprint density at radius 1 is 1.33 bits per heavy atom. The average molecular weight is 333 g/mol. The van der Waals surface area contributed by atoms with E-state index in [4.69, 9.17) is 11.6 Å². The smallest absolute Gasteiger partial charge is 0.147 e. The van der Waals surface area contributed by atoms with Crippen LogP contribution >= 0.6 is 27.5 Å². The quantitative estimate of drug-likeness (QED) is 0.847. The van der Waals surface area contributed by atoms with Crippen molar-refractivity contribution >= 4 is 33.3 Å². The summed E-state index contributed by atoms with van der Waals surface area (Å²) in [6, 6.07) is 1.91. The highest BCUT2D eigenvalue weighted by Crippen LogP contribution is 2.26. The predicted molar refractivity (Wildman–Crippen MR) is 80.4 cm³/mol. The molecule has 0 saturated carbocycles. The van der Waals surface area contributed by atoms with E-state index in [9.17, 15) is 0 Å². The summed E-state index contributed by atoms with van der Waals surface area (Å²) < 4.78 is 0.926. The molecule has 5 heteroatoms. The molecule has 0 aliphatic carbocycles. The zero-order valence-corrected chi connectivity index (χ0v) is 13.2. The van der Waals surface area contributed by atoms with Gasteiger partial charge in [-0.3, -0.25) is 4.90 Å². The SMILES string of the molecule is CC(C)CN1CCN(c2ncc(Br)cc2Cl)CC1. The molecule has 100 valence electrons. The first kappa shape index (κ1) is 14.1. The topological polar surface area (TPSA) is 19.4 Å². The van der Waals surface area contributed by atoms with Gasteiger partial charge >= 0.3 is 0 Å². The van der Waals surface area contributed by atoms with Crippen LogP contribution in [0.25, 0.3) is 0 Å². The number of anilines is 1. The van der Waals surface area contributed by atoms with Gasteiger partial charge in [0, 0.05) is 43.4 Å². The van der Waals surface area contributed by atoms with Crippen molar-refractivity contribution in [3.05, 3.63) is 21.8 Å². The van der Waals surface area contributed by atoms with Gasteiger partial charge < -0.3 is 4.90 Å². The number of halogens is 2. The lowest BCUT2D eigenvalue weighted by Gasteiger charge is -2.36. The maximum absolute atomic E-state index is 6.24. The molecule has 0 bridgehead atoms. The van der Waals surface area contributed by atoms with E-state index in [-0.39, 0.29) is 0 Å². The normalized spacial score (nSPS) is 17.5. The number of hydrogen-bond donors (Lipinski definition) is 0. The van der Waals surface area contributed by atoms with Gasteiger partial charge in [0.2, 0.25) is 0 Å². The van der Waals surface area contributed by atoms with E-state index < -0.39 is 0 Å². The van der Waals surface area contributed by atoms with Crippen molar-refractivity contribution < 1.29 is 0 Å². The third-order valence-electron chi connectivity index (χ3n) is 3.08. The molecule has 1 fully saturated rings. The summed E-state index contributed by atoms with van der Waals surface area (Å²) in [6.07, 6.45) is 1.81. The van der Waals surface area contributed by atoms with Gasteiger partial charge in [0.05, 0.1) is 5.02 Å². The zero-order chi connectivity index (χ0) is 13.1. The summed E-state index contributed by atoms with van der Waals surface area (Å²) in [7, 11) is 0. The fraction of sp³-hybridized carbons (Fsp3) is 0.615. The molecule has 2 rings (SSSR count). The molecule has 0 aromatic carbocycles. The summed E-state index contributed by atoms with van der Waals surface area (Å²) in [5.41, 5.74) is 0.